The quantitative estimate of drug-likeness (QED) is 0.153. The SMILES string of the molecule is CCOC(=O)[C@@H]1CN(C(=O)C[C@@H](NS(=O)(=O)c2ccc3ccccc3c2)C(=O)NC[C@@H]2CCCN(C(=N)N)C2)CC[C@H]1OC(C)=O. The molecule has 0 radical (unpaired) electrons. The Morgan fingerprint density at radius 1 is 1.04 bits per heavy atom. The number of benzene rings is 2. The zero-order valence-corrected chi connectivity index (χ0v) is 26.9. The van der Waals surface area contributed by atoms with E-state index in [1.807, 2.05) is 12.1 Å². The van der Waals surface area contributed by atoms with Crippen molar-refractivity contribution in [3.8, 4) is 0 Å². The van der Waals surface area contributed by atoms with E-state index in [1.54, 1.807) is 30.0 Å². The van der Waals surface area contributed by atoms with Crippen LogP contribution in [0.15, 0.2) is 47.4 Å². The number of guanidine groups is 1. The van der Waals surface area contributed by atoms with Crippen LogP contribution in [0.4, 0.5) is 0 Å². The fraction of sp³-hybridized carbons (Fsp3) is 0.516. The van der Waals surface area contributed by atoms with Crippen molar-refractivity contribution in [1.82, 2.24) is 19.8 Å². The van der Waals surface area contributed by atoms with E-state index in [0.29, 0.717) is 18.5 Å². The number of hydrogen-bond acceptors (Lipinski definition) is 9. The molecule has 2 aromatic carbocycles. The molecule has 14 nitrogen and oxygen atoms in total. The van der Waals surface area contributed by atoms with Crippen molar-refractivity contribution in [2.24, 2.45) is 17.6 Å². The summed E-state index contributed by atoms with van der Waals surface area (Å²) < 4.78 is 40.0. The average Bonchev–Trinajstić information content (AvgIpc) is 3.03. The number of nitrogens with one attached hydrogen (secondary N) is 3. The summed E-state index contributed by atoms with van der Waals surface area (Å²) in [6.07, 6.45) is 0.431. The second kappa shape index (κ2) is 15.4. The Bertz CT molecular complexity index is 1570. The van der Waals surface area contributed by atoms with Gasteiger partial charge in [-0.15, -0.1) is 0 Å². The van der Waals surface area contributed by atoms with Gasteiger partial charge in [0.15, 0.2) is 5.96 Å². The Kier molecular flexibility index (Phi) is 11.6. The number of esters is 2. The Hall–Kier alpha value is -4.24. The number of hydrogen-bond donors (Lipinski definition) is 4. The fourth-order valence-corrected chi connectivity index (χ4v) is 7.12. The van der Waals surface area contributed by atoms with Crippen LogP contribution in [0.2, 0.25) is 0 Å². The Balaban J connectivity index is 1.52. The Morgan fingerprint density at radius 2 is 1.78 bits per heavy atom. The molecule has 0 aromatic heterocycles. The lowest BCUT2D eigenvalue weighted by molar-refractivity contribution is -0.166. The number of ether oxygens (including phenoxy) is 2. The van der Waals surface area contributed by atoms with Crippen molar-refractivity contribution in [2.45, 2.75) is 56.6 Å². The number of fused-ring (bicyclic) bond motifs is 1. The number of carbonyl (C=O) groups excluding carboxylic acids is 4. The van der Waals surface area contributed by atoms with Crippen molar-refractivity contribution in [1.29, 1.82) is 5.41 Å². The van der Waals surface area contributed by atoms with E-state index in [2.05, 4.69) is 10.0 Å². The lowest BCUT2D eigenvalue weighted by atomic mass is 9.94. The second-order valence-corrected chi connectivity index (χ2v) is 13.3. The minimum atomic E-state index is -4.26. The van der Waals surface area contributed by atoms with E-state index in [4.69, 9.17) is 20.6 Å². The Labute approximate surface area is 268 Å². The highest BCUT2D eigenvalue weighted by Crippen LogP contribution is 2.24. The molecule has 46 heavy (non-hydrogen) atoms. The molecule has 0 aliphatic carbocycles. The lowest BCUT2D eigenvalue weighted by Gasteiger charge is -2.37. The number of nitrogens with zero attached hydrogens (tertiary/aromatic N) is 2. The van der Waals surface area contributed by atoms with Crippen LogP contribution in [0.1, 0.15) is 39.5 Å². The van der Waals surface area contributed by atoms with Crippen LogP contribution in [-0.2, 0) is 38.7 Å². The van der Waals surface area contributed by atoms with Crippen LogP contribution in [-0.4, -0.2) is 99.4 Å². The second-order valence-electron chi connectivity index (χ2n) is 11.6. The van der Waals surface area contributed by atoms with Gasteiger partial charge in [-0.1, -0.05) is 30.3 Å². The van der Waals surface area contributed by atoms with Crippen LogP contribution in [0.25, 0.3) is 10.8 Å². The van der Waals surface area contributed by atoms with Gasteiger partial charge in [0.2, 0.25) is 21.8 Å². The highest BCUT2D eigenvalue weighted by Gasteiger charge is 2.40. The van der Waals surface area contributed by atoms with Crippen molar-refractivity contribution in [3.63, 3.8) is 0 Å². The number of sulfonamides is 1. The molecule has 2 aliphatic rings. The van der Waals surface area contributed by atoms with E-state index in [9.17, 15) is 27.6 Å². The predicted octanol–water partition coefficient (Wildman–Crippen LogP) is 0.942. The molecular weight excluding hydrogens is 616 g/mol. The summed E-state index contributed by atoms with van der Waals surface area (Å²) >= 11 is 0. The normalized spacial score (nSPS) is 20.9. The lowest BCUT2D eigenvalue weighted by Crippen LogP contribution is -2.54. The number of rotatable bonds is 11. The van der Waals surface area contributed by atoms with Gasteiger partial charge in [-0.2, -0.15) is 4.72 Å². The molecule has 4 rings (SSSR count). The molecule has 250 valence electrons. The maximum absolute atomic E-state index is 13.6. The first-order chi connectivity index (χ1) is 21.9. The first-order valence-electron chi connectivity index (χ1n) is 15.4. The van der Waals surface area contributed by atoms with Gasteiger partial charge in [-0.25, -0.2) is 8.42 Å². The van der Waals surface area contributed by atoms with E-state index < -0.39 is 58.3 Å². The van der Waals surface area contributed by atoms with E-state index in [-0.39, 0.29) is 49.4 Å². The summed E-state index contributed by atoms with van der Waals surface area (Å²) in [5, 5.41) is 12.0. The van der Waals surface area contributed by atoms with Crippen LogP contribution in [0.5, 0.6) is 0 Å². The van der Waals surface area contributed by atoms with Gasteiger partial charge in [0.25, 0.3) is 0 Å². The van der Waals surface area contributed by atoms with E-state index in [0.717, 1.165) is 18.2 Å². The minimum Gasteiger partial charge on any atom is -0.466 e. The van der Waals surface area contributed by atoms with E-state index >= 15 is 0 Å². The third-order valence-electron chi connectivity index (χ3n) is 8.26. The number of amides is 2. The molecule has 5 N–H and O–H groups in total. The molecule has 15 heteroatoms. The molecule has 2 aromatic rings. The predicted molar refractivity (Wildman–Crippen MR) is 169 cm³/mol. The van der Waals surface area contributed by atoms with Crippen molar-refractivity contribution in [2.75, 3.05) is 39.3 Å². The van der Waals surface area contributed by atoms with Crippen LogP contribution in [0.3, 0.4) is 0 Å². The topological polar surface area (TPSA) is 201 Å². The average molecular weight is 659 g/mol. The standard InChI is InChI=1S/C31H42N6O8S/c1-3-44-30(41)25-19-36(14-12-27(25)45-20(2)38)28(39)16-26(29(40)34-17-21-7-6-13-37(18-21)31(32)33)35-46(42,43)24-11-10-22-8-4-5-9-23(22)15-24/h4-5,8-11,15,21,25-27,35H,3,6-7,12-14,16-19H2,1-2H3,(H3,32,33)(H,34,40)/t21-,25+,26+,27+/m0/s1. The maximum Gasteiger partial charge on any atom is 0.314 e. The first kappa shape index (κ1) is 34.6. The highest BCUT2D eigenvalue weighted by molar-refractivity contribution is 7.89. The summed E-state index contributed by atoms with van der Waals surface area (Å²) in [6.45, 7) is 4.28. The molecule has 4 atom stereocenters. The summed E-state index contributed by atoms with van der Waals surface area (Å²) in [4.78, 5) is 54.5. The summed E-state index contributed by atoms with van der Waals surface area (Å²) in [5.74, 6) is -3.44. The largest absolute Gasteiger partial charge is 0.466 e. The zero-order chi connectivity index (χ0) is 33.4. The van der Waals surface area contributed by atoms with Crippen molar-refractivity contribution >= 4 is 50.5 Å². The molecule has 2 heterocycles. The number of nitrogens with two attached hydrogens (primary N) is 1. The van der Waals surface area contributed by atoms with Crippen molar-refractivity contribution < 1.29 is 37.1 Å². The number of carbonyl (C=O) groups is 4. The molecule has 2 saturated heterocycles. The molecule has 0 saturated carbocycles. The first-order valence-corrected chi connectivity index (χ1v) is 16.9. The third kappa shape index (κ3) is 8.94. The maximum atomic E-state index is 13.6. The van der Waals surface area contributed by atoms with Crippen LogP contribution >= 0.6 is 0 Å². The summed E-state index contributed by atoms with van der Waals surface area (Å²) in [5.41, 5.74) is 5.65. The van der Waals surface area contributed by atoms with Crippen LogP contribution in [0, 0.1) is 17.2 Å². The van der Waals surface area contributed by atoms with Gasteiger partial charge >= 0.3 is 11.9 Å². The summed E-state index contributed by atoms with van der Waals surface area (Å²) in [6, 6.07) is 10.4. The molecule has 0 spiro atoms. The van der Waals surface area contributed by atoms with Gasteiger partial charge < -0.3 is 30.3 Å². The van der Waals surface area contributed by atoms with Gasteiger partial charge in [-0.05, 0) is 48.6 Å². The molecule has 2 amide bonds. The van der Waals surface area contributed by atoms with Gasteiger partial charge in [0.05, 0.1) is 17.9 Å². The summed E-state index contributed by atoms with van der Waals surface area (Å²) in [7, 11) is -4.26. The molecule has 2 aliphatic heterocycles. The van der Waals surface area contributed by atoms with Crippen LogP contribution < -0.4 is 15.8 Å². The third-order valence-corrected chi connectivity index (χ3v) is 9.73. The molecule has 0 unspecified atom stereocenters. The molecule has 2 fully saturated rings. The van der Waals surface area contributed by atoms with Gasteiger partial charge in [0.1, 0.15) is 18.1 Å². The highest BCUT2D eigenvalue weighted by atomic mass is 32.2. The fourth-order valence-electron chi connectivity index (χ4n) is 5.89. The monoisotopic (exact) mass is 658 g/mol. The number of likely N-dealkylation sites (tertiary alicyclic amines) is 2. The van der Waals surface area contributed by atoms with E-state index in [1.165, 1.54) is 24.0 Å². The van der Waals surface area contributed by atoms with Gasteiger partial charge in [0, 0.05) is 46.1 Å². The zero-order valence-electron chi connectivity index (χ0n) is 26.1. The smallest absolute Gasteiger partial charge is 0.314 e. The molecular formula is C31H42N6O8S. The van der Waals surface area contributed by atoms with Crippen molar-refractivity contribution in [3.05, 3.63) is 42.5 Å². The molecule has 0 bridgehead atoms. The van der Waals surface area contributed by atoms with Gasteiger partial charge in [-0.3, -0.25) is 24.6 Å². The minimum absolute atomic E-state index is 0.0271. The number of piperidine rings is 2. The Morgan fingerprint density at radius 3 is 2.48 bits per heavy atom.